The predicted octanol–water partition coefficient (Wildman–Crippen LogP) is 3.21. The van der Waals surface area contributed by atoms with Crippen LogP contribution in [0.2, 0.25) is 0 Å². The first-order chi connectivity index (χ1) is 10.4. The number of carbonyl (C=O) groups is 1. The van der Waals surface area contributed by atoms with Crippen LogP contribution in [-0.2, 0) is 4.74 Å². The Bertz CT molecular complexity index is 442. The summed E-state index contributed by atoms with van der Waals surface area (Å²) >= 11 is 0. The number of rotatable bonds is 3. The van der Waals surface area contributed by atoms with Crippen molar-refractivity contribution in [3.63, 3.8) is 0 Å². The van der Waals surface area contributed by atoms with Gasteiger partial charge in [0, 0.05) is 30.1 Å². The quantitative estimate of drug-likeness (QED) is 0.493. The largest absolute Gasteiger partial charge is 0.444 e. The van der Waals surface area contributed by atoms with E-state index in [-0.39, 0.29) is 18.2 Å². The fraction of sp³-hybridized carbons (Fsp3) is 0.933. The van der Waals surface area contributed by atoms with Crippen molar-refractivity contribution in [1.82, 2.24) is 10.2 Å². The lowest BCUT2D eigenvalue weighted by Crippen LogP contribution is -2.46. The molecule has 7 heteroatoms. The number of alkyl carbamates (subject to hydrolysis) is 1. The molecule has 2 fully saturated rings. The second-order valence-corrected chi connectivity index (χ2v) is 7.25. The first kappa shape index (κ1) is 16.9. The molecule has 1 amide bonds. The molecular weight excluding hydrogens is 282 g/mol. The molecular formula is C15H27N5O2. The summed E-state index contributed by atoms with van der Waals surface area (Å²) in [6.45, 7) is 7.32. The van der Waals surface area contributed by atoms with Crippen LogP contribution in [0.25, 0.3) is 10.4 Å². The summed E-state index contributed by atoms with van der Waals surface area (Å²) in [5, 5.41) is 6.92. The third kappa shape index (κ3) is 4.78. The van der Waals surface area contributed by atoms with E-state index in [2.05, 4.69) is 20.2 Å². The van der Waals surface area contributed by atoms with Gasteiger partial charge in [-0.1, -0.05) is 18.0 Å². The molecule has 2 aliphatic rings. The molecule has 1 saturated carbocycles. The summed E-state index contributed by atoms with van der Waals surface area (Å²) in [5.41, 5.74) is 8.25. The second kappa shape index (κ2) is 7.20. The van der Waals surface area contributed by atoms with Crippen molar-refractivity contribution in [3.05, 3.63) is 10.4 Å². The monoisotopic (exact) mass is 309 g/mol. The van der Waals surface area contributed by atoms with Crippen molar-refractivity contribution in [2.24, 2.45) is 5.11 Å². The van der Waals surface area contributed by atoms with Gasteiger partial charge >= 0.3 is 6.09 Å². The van der Waals surface area contributed by atoms with Crippen LogP contribution in [0.15, 0.2) is 5.11 Å². The Morgan fingerprint density at radius 2 is 2.05 bits per heavy atom. The topological polar surface area (TPSA) is 90.3 Å². The molecule has 0 aromatic heterocycles. The van der Waals surface area contributed by atoms with Crippen LogP contribution in [0.5, 0.6) is 0 Å². The molecule has 22 heavy (non-hydrogen) atoms. The van der Waals surface area contributed by atoms with Crippen molar-refractivity contribution >= 4 is 6.09 Å². The molecule has 3 atom stereocenters. The van der Waals surface area contributed by atoms with E-state index in [1.54, 1.807) is 0 Å². The highest BCUT2D eigenvalue weighted by atomic mass is 16.6. The molecule has 0 aromatic carbocycles. The van der Waals surface area contributed by atoms with E-state index in [0.29, 0.717) is 6.04 Å². The number of nitrogens with zero attached hydrogens (tertiary/aromatic N) is 4. The second-order valence-electron chi connectivity index (χ2n) is 7.25. The van der Waals surface area contributed by atoms with Gasteiger partial charge in [0.1, 0.15) is 5.60 Å². The summed E-state index contributed by atoms with van der Waals surface area (Å²) in [4.78, 5) is 17.2. The zero-order chi connectivity index (χ0) is 16.2. The van der Waals surface area contributed by atoms with Gasteiger partial charge in [-0.15, -0.1) is 0 Å². The van der Waals surface area contributed by atoms with Gasteiger partial charge in [0.15, 0.2) is 0 Å². The predicted molar refractivity (Wildman–Crippen MR) is 84.5 cm³/mol. The Morgan fingerprint density at radius 1 is 1.32 bits per heavy atom. The van der Waals surface area contributed by atoms with E-state index in [9.17, 15) is 4.79 Å². The molecule has 2 rings (SSSR count). The smallest absolute Gasteiger partial charge is 0.407 e. The van der Waals surface area contributed by atoms with Gasteiger partial charge in [0.05, 0.1) is 6.04 Å². The highest BCUT2D eigenvalue weighted by Gasteiger charge is 2.35. The maximum Gasteiger partial charge on any atom is 0.407 e. The van der Waals surface area contributed by atoms with E-state index in [4.69, 9.17) is 10.3 Å². The fourth-order valence-electron chi connectivity index (χ4n) is 3.40. The van der Waals surface area contributed by atoms with E-state index in [1.807, 2.05) is 20.8 Å². The Hall–Kier alpha value is -1.46. The number of carbonyl (C=O) groups excluding carboxylic acids is 1. The minimum absolute atomic E-state index is 0.0685. The minimum atomic E-state index is -0.474. The Labute approximate surface area is 132 Å². The van der Waals surface area contributed by atoms with E-state index in [0.717, 1.165) is 38.8 Å². The van der Waals surface area contributed by atoms with Gasteiger partial charge in [-0.2, -0.15) is 0 Å². The lowest BCUT2D eigenvalue weighted by atomic mass is 9.90. The molecule has 0 spiro atoms. The SMILES string of the molecule is CC(C)(C)OC(=O)N[C@H]1CCN([C@H]2CCCC[C@H]2N=[N+]=[N-])C1. The minimum Gasteiger partial charge on any atom is -0.444 e. The van der Waals surface area contributed by atoms with Crippen LogP contribution in [-0.4, -0.2) is 47.8 Å². The fourth-order valence-corrected chi connectivity index (χ4v) is 3.40. The van der Waals surface area contributed by atoms with Crippen LogP contribution in [0, 0.1) is 0 Å². The van der Waals surface area contributed by atoms with Crippen molar-refractivity contribution < 1.29 is 9.53 Å². The summed E-state index contributed by atoms with van der Waals surface area (Å²) in [6.07, 6.45) is 4.92. The lowest BCUT2D eigenvalue weighted by molar-refractivity contribution is 0.0503. The van der Waals surface area contributed by atoms with Gasteiger partial charge in [-0.3, -0.25) is 4.90 Å². The number of likely N-dealkylation sites (tertiary alicyclic amines) is 1. The summed E-state index contributed by atoms with van der Waals surface area (Å²) in [5.74, 6) is 0. The van der Waals surface area contributed by atoms with Crippen molar-refractivity contribution in [2.45, 2.75) is 76.6 Å². The summed E-state index contributed by atoms with van der Waals surface area (Å²) < 4.78 is 5.30. The molecule has 0 aromatic rings. The third-order valence-corrected chi connectivity index (χ3v) is 4.30. The molecule has 1 aliphatic heterocycles. The zero-order valence-corrected chi connectivity index (χ0v) is 13.8. The number of azide groups is 1. The molecule has 124 valence electrons. The van der Waals surface area contributed by atoms with Crippen molar-refractivity contribution in [1.29, 1.82) is 0 Å². The molecule has 0 radical (unpaired) electrons. The maximum atomic E-state index is 11.8. The molecule has 1 heterocycles. The molecule has 7 nitrogen and oxygen atoms in total. The van der Waals surface area contributed by atoms with Gasteiger partial charge in [0.25, 0.3) is 0 Å². The van der Waals surface area contributed by atoms with Gasteiger partial charge < -0.3 is 10.1 Å². The normalized spacial score (nSPS) is 29.7. The maximum absolute atomic E-state index is 11.8. The summed E-state index contributed by atoms with van der Waals surface area (Å²) in [7, 11) is 0. The molecule has 1 N–H and O–H groups in total. The lowest BCUT2D eigenvalue weighted by Gasteiger charge is -2.35. The average Bonchev–Trinajstić information content (AvgIpc) is 2.85. The van der Waals surface area contributed by atoms with Crippen molar-refractivity contribution in [2.75, 3.05) is 13.1 Å². The first-order valence-corrected chi connectivity index (χ1v) is 8.17. The number of amides is 1. The van der Waals surface area contributed by atoms with E-state index >= 15 is 0 Å². The van der Waals surface area contributed by atoms with Crippen LogP contribution >= 0.6 is 0 Å². The van der Waals surface area contributed by atoms with Crippen LogP contribution in [0.4, 0.5) is 4.79 Å². The Morgan fingerprint density at radius 3 is 2.73 bits per heavy atom. The summed E-state index contributed by atoms with van der Waals surface area (Å²) in [6, 6.07) is 0.498. The van der Waals surface area contributed by atoms with Gasteiger partial charge in [0.2, 0.25) is 0 Å². The first-order valence-electron chi connectivity index (χ1n) is 8.17. The highest BCUT2D eigenvalue weighted by molar-refractivity contribution is 5.68. The Balaban J connectivity index is 1.86. The van der Waals surface area contributed by atoms with Crippen molar-refractivity contribution in [3.8, 4) is 0 Å². The molecule has 0 unspecified atom stereocenters. The van der Waals surface area contributed by atoms with Gasteiger partial charge in [-0.05, 0) is 45.6 Å². The number of hydrogen-bond acceptors (Lipinski definition) is 4. The van der Waals surface area contributed by atoms with E-state index in [1.165, 1.54) is 6.42 Å². The van der Waals surface area contributed by atoms with Crippen LogP contribution in [0.3, 0.4) is 0 Å². The number of nitrogens with one attached hydrogen (secondary N) is 1. The number of hydrogen-bond donors (Lipinski definition) is 1. The average molecular weight is 309 g/mol. The standard InChI is InChI=1S/C15H27N5O2/c1-15(2,3)22-14(21)17-11-8-9-20(10-11)13-7-5-4-6-12(13)18-19-16/h11-13H,4-10H2,1-3H3,(H,17,21)/t11-,12+,13-/m0/s1. The van der Waals surface area contributed by atoms with Crippen LogP contribution in [0.1, 0.15) is 52.9 Å². The third-order valence-electron chi connectivity index (χ3n) is 4.30. The highest BCUT2D eigenvalue weighted by Crippen LogP contribution is 2.28. The molecule has 1 saturated heterocycles. The Kier molecular flexibility index (Phi) is 5.53. The zero-order valence-electron chi connectivity index (χ0n) is 13.8. The molecule has 0 bridgehead atoms. The van der Waals surface area contributed by atoms with Crippen LogP contribution < -0.4 is 5.32 Å². The molecule has 1 aliphatic carbocycles. The van der Waals surface area contributed by atoms with E-state index < -0.39 is 5.60 Å². The van der Waals surface area contributed by atoms with Gasteiger partial charge in [-0.25, -0.2) is 4.79 Å². The number of ether oxygens (including phenoxy) is 1.